The Labute approximate surface area is 219 Å². The largest absolute Gasteiger partial charge is 0.449 e. The van der Waals surface area contributed by atoms with Gasteiger partial charge in [-0.05, 0) is 41.0 Å². The topological polar surface area (TPSA) is 120 Å². The van der Waals surface area contributed by atoms with Crippen molar-refractivity contribution in [3.8, 4) is 17.2 Å². The van der Waals surface area contributed by atoms with E-state index < -0.39 is 18.0 Å². The van der Waals surface area contributed by atoms with Gasteiger partial charge >= 0.3 is 6.09 Å². The van der Waals surface area contributed by atoms with Crippen LogP contribution in [0, 0.1) is 23.2 Å². The minimum atomic E-state index is -0.830. The average Bonchev–Trinajstić information content (AvgIpc) is 3.21. The Kier molecular flexibility index (Phi) is 11.6. The number of benzene rings is 2. The second-order valence-corrected chi connectivity index (χ2v) is 9.62. The third-order valence-corrected chi connectivity index (χ3v) is 5.86. The number of alkyl carbamates (subject to hydrolysis) is 1. The van der Waals surface area contributed by atoms with E-state index in [1.807, 2.05) is 49.4 Å². The van der Waals surface area contributed by atoms with E-state index in [1.54, 1.807) is 0 Å². The molecule has 0 aromatic heterocycles. The van der Waals surface area contributed by atoms with Crippen LogP contribution in [0.15, 0.2) is 48.5 Å². The number of amides is 3. The zero-order valence-corrected chi connectivity index (χ0v) is 22.3. The van der Waals surface area contributed by atoms with E-state index in [1.165, 1.54) is 7.05 Å². The smallest absolute Gasteiger partial charge is 0.407 e. The molecule has 0 heterocycles. The van der Waals surface area contributed by atoms with Crippen molar-refractivity contribution in [3.05, 3.63) is 59.7 Å². The fourth-order valence-electron chi connectivity index (χ4n) is 4.14. The highest BCUT2D eigenvalue weighted by Crippen LogP contribution is 2.44. The predicted octanol–water partition coefficient (Wildman–Crippen LogP) is 4.36. The summed E-state index contributed by atoms with van der Waals surface area (Å²) in [5.41, 5.74) is 4.46. The Morgan fingerprint density at radius 1 is 1.00 bits per heavy atom. The lowest BCUT2D eigenvalue weighted by Gasteiger charge is -2.18. The van der Waals surface area contributed by atoms with Crippen LogP contribution < -0.4 is 16.0 Å². The predicted molar refractivity (Wildman–Crippen MR) is 144 cm³/mol. The van der Waals surface area contributed by atoms with Gasteiger partial charge in [0, 0.05) is 18.9 Å². The normalized spacial score (nSPS) is 13.1. The number of ether oxygens (including phenoxy) is 1. The number of nitriles is 1. The zero-order chi connectivity index (χ0) is 27.4. The quantitative estimate of drug-likeness (QED) is 0.467. The summed E-state index contributed by atoms with van der Waals surface area (Å²) in [5, 5.41) is 16.8. The highest BCUT2D eigenvalue weighted by Gasteiger charge is 2.29. The van der Waals surface area contributed by atoms with Gasteiger partial charge in [-0.15, -0.1) is 0 Å². The Morgan fingerprint density at radius 2 is 1.54 bits per heavy atom. The van der Waals surface area contributed by atoms with Gasteiger partial charge in [0.05, 0.1) is 6.07 Å². The van der Waals surface area contributed by atoms with Gasteiger partial charge in [-0.1, -0.05) is 76.2 Å². The van der Waals surface area contributed by atoms with Gasteiger partial charge in [-0.25, -0.2) is 4.79 Å². The van der Waals surface area contributed by atoms with Crippen LogP contribution in [-0.2, 0) is 14.3 Å². The molecule has 37 heavy (non-hydrogen) atoms. The molecule has 2 aromatic carbocycles. The number of fused-ring (bicyclic) bond motifs is 3. The van der Waals surface area contributed by atoms with Crippen molar-refractivity contribution in [2.75, 3.05) is 20.2 Å². The van der Waals surface area contributed by atoms with E-state index in [0.717, 1.165) is 28.2 Å². The summed E-state index contributed by atoms with van der Waals surface area (Å²) < 4.78 is 5.40. The maximum atomic E-state index is 12.2. The van der Waals surface area contributed by atoms with Crippen LogP contribution >= 0.6 is 0 Å². The second kappa shape index (κ2) is 14.6. The molecule has 3 N–H and O–H groups in total. The molecule has 2 atom stereocenters. The number of hydrogen-bond acceptors (Lipinski definition) is 5. The minimum absolute atomic E-state index is 0.0735. The molecule has 0 bridgehead atoms. The van der Waals surface area contributed by atoms with Crippen molar-refractivity contribution in [2.45, 2.75) is 52.5 Å². The van der Waals surface area contributed by atoms with Crippen LogP contribution in [0.1, 0.15) is 57.6 Å². The van der Waals surface area contributed by atoms with Crippen LogP contribution in [0.4, 0.5) is 4.79 Å². The third-order valence-electron chi connectivity index (χ3n) is 5.86. The van der Waals surface area contributed by atoms with E-state index in [4.69, 9.17) is 4.74 Å². The van der Waals surface area contributed by atoms with Crippen molar-refractivity contribution >= 4 is 17.9 Å². The van der Waals surface area contributed by atoms with Crippen LogP contribution in [0.25, 0.3) is 11.1 Å². The van der Waals surface area contributed by atoms with Gasteiger partial charge in [-0.2, -0.15) is 5.26 Å². The molecule has 0 aliphatic heterocycles. The lowest BCUT2D eigenvalue weighted by molar-refractivity contribution is -0.125. The molecule has 8 heteroatoms. The Morgan fingerprint density at radius 3 is 2.03 bits per heavy atom. The Bertz CT molecular complexity index is 1060. The molecule has 0 saturated carbocycles. The maximum Gasteiger partial charge on any atom is 0.407 e. The van der Waals surface area contributed by atoms with Gasteiger partial charge < -0.3 is 20.7 Å². The molecular weight excluding hydrogens is 468 g/mol. The standard InChI is InChI=1S/C25H28N4O4.C4H10/c1-3-16(24(31)27-2)12-17(13-26)29-23(30)14-28-25(32)33-15-22-20-10-6-4-8-18(20)19-9-5-7-11-21(19)22;1-4(2)3/h4-11,16-17,22H,3,12,14-15H2,1-2H3,(H,27,31)(H,28,32)(H,29,30);4H,1-3H3/t16?,17-;/m0./s1. The molecule has 1 aliphatic rings. The van der Waals surface area contributed by atoms with Crippen molar-refractivity contribution in [1.82, 2.24) is 16.0 Å². The van der Waals surface area contributed by atoms with E-state index in [2.05, 4.69) is 48.9 Å². The highest BCUT2D eigenvalue weighted by atomic mass is 16.5. The maximum absolute atomic E-state index is 12.2. The summed E-state index contributed by atoms with van der Waals surface area (Å²) >= 11 is 0. The number of carbonyl (C=O) groups excluding carboxylic acids is 3. The van der Waals surface area contributed by atoms with Crippen molar-refractivity contribution in [2.24, 2.45) is 11.8 Å². The summed E-state index contributed by atoms with van der Waals surface area (Å²) in [6.45, 7) is 8.16. The number of nitrogens with one attached hydrogen (secondary N) is 3. The summed E-state index contributed by atoms with van der Waals surface area (Å²) in [5.74, 6) is -0.323. The fourth-order valence-corrected chi connectivity index (χ4v) is 4.14. The SMILES string of the molecule is CC(C)C.CCC(C[C@@H](C#N)NC(=O)CNC(=O)OCC1c2ccccc2-c2ccccc21)C(=O)NC. The van der Waals surface area contributed by atoms with Gasteiger partial charge in [0.1, 0.15) is 19.2 Å². The average molecular weight is 507 g/mol. The summed E-state index contributed by atoms with van der Waals surface area (Å²) in [6, 6.07) is 17.2. The van der Waals surface area contributed by atoms with Crippen LogP contribution in [0.3, 0.4) is 0 Å². The molecule has 3 amide bonds. The molecule has 198 valence electrons. The minimum Gasteiger partial charge on any atom is -0.449 e. The molecule has 0 radical (unpaired) electrons. The highest BCUT2D eigenvalue weighted by molar-refractivity contribution is 5.83. The third kappa shape index (κ3) is 8.64. The first-order valence-corrected chi connectivity index (χ1v) is 12.7. The van der Waals surface area contributed by atoms with Crippen LogP contribution in [0.5, 0.6) is 0 Å². The van der Waals surface area contributed by atoms with Gasteiger partial charge in [-0.3, -0.25) is 9.59 Å². The van der Waals surface area contributed by atoms with Crippen molar-refractivity contribution in [3.63, 3.8) is 0 Å². The van der Waals surface area contributed by atoms with Crippen LogP contribution in [-0.4, -0.2) is 44.1 Å². The molecule has 3 rings (SSSR count). The molecule has 2 aromatic rings. The Hall–Kier alpha value is -3.86. The zero-order valence-electron chi connectivity index (χ0n) is 22.3. The molecule has 1 aliphatic carbocycles. The summed E-state index contributed by atoms with van der Waals surface area (Å²) in [4.78, 5) is 36.2. The monoisotopic (exact) mass is 506 g/mol. The number of nitrogens with zero attached hydrogens (tertiary/aromatic N) is 1. The molecule has 8 nitrogen and oxygen atoms in total. The Balaban J connectivity index is 0.00000112. The van der Waals surface area contributed by atoms with E-state index >= 15 is 0 Å². The van der Waals surface area contributed by atoms with E-state index in [9.17, 15) is 19.6 Å². The van der Waals surface area contributed by atoms with E-state index in [-0.39, 0.29) is 37.3 Å². The van der Waals surface area contributed by atoms with Gasteiger partial charge in [0.25, 0.3) is 0 Å². The summed E-state index contributed by atoms with van der Waals surface area (Å²) in [7, 11) is 1.53. The van der Waals surface area contributed by atoms with E-state index in [0.29, 0.717) is 6.42 Å². The summed E-state index contributed by atoms with van der Waals surface area (Å²) in [6.07, 6.45) is 0.0343. The first-order chi connectivity index (χ1) is 17.7. The van der Waals surface area contributed by atoms with Crippen LogP contribution in [0.2, 0.25) is 0 Å². The second-order valence-electron chi connectivity index (χ2n) is 9.62. The number of rotatable bonds is 9. The molecule has 0 fully saturated rings. The first-order valence-electron chi connectivity index (χ1n) is 12.7. The number of hydrogen-bond donors (Lipinski definition) is 3. The van der Waals surface area contributed by atoms with Crippen molar-refractivity contribution in [1.29, 1.82) is 5.26 Å². The molecular formula is C29H38N4O4. The lowest BCUT2D eigenvalue weighted by atomic mass is 9.97. The first kappa shape index (κ1) is 29.4. The fraction of sp³-hybridized carbons (Fsp3) is 0.448. The van der Waals surface area contributed by atoms with Gasteiger partial charge in [0.2, 0.25) is 11.8 Å². The number of carbonyl (C=O) groups is 3. The molecule has 1 unspecified atom stereocenters. The molecule has 0 saturated heterocycles. The van der Waals surface area contributed by atoms with Gasteiger partial charge in [0.15, 0.2) is 0 Å². The lowest BCUT2D eigenvalue weighted by Crippen LogP contribution is -2.43. The molecule has 0 spiro atoms. The van der Waals surface area contributed by atoms with Crippen molar-refractivity contribution < 1.29 is 19.1 Å².